The molecular weight excluding hydrogens is 380 g/mol. The summed E-state index contributed by atoms with van der Waals surface area (Å²) < 4.78 is 0. The van der Waals surface area contributed by atoms with Gasteiger partial charge >= 0.3 is 0 Å². The van der Waals surface area contributed by atoms with Gasteiger partial charge in [-0.1, -0.05) is 65.6 Å². The summed E-state index contributed by atoms with van der Waals surface area (Å²) in [6.45, 7) is 10.9. The molecular formula is C24H40OSiTi-. The van der Waals surface area contributed by atoms with Crippen molar-refractivity contribution < 1.29 is 26.8 Å². The van der Waals surface area contributed by atoms with Gasteiger partial charge in [0.1, 0.15) is 5.75 Å². The topological polar surface area (TPSA) is 20.2 Å². The van der Waals surface area contributed by atoms with E-state index in [1.165, 1.54) is 55.2 Å². The van der Waals surface area contributed by atoms with Crippen LogP contribution in [0.4, 0.5) is 0 Å². The maximum Gasteiger partial charge on any atom is 0.116 e. The van der Waals surface area contributed by atoms with Gasteiger partial charge in [-0.25, -0.2) is 11.6 Å². The number of benzene rings is 1. The van der Waals surface area contributed by atoms with E-state index < -0.39 is 0 Å². The van der Waals surface area contributed by atoms with E-state index in [1.807, 2.05) is 12.1 Å². The third-order valence-corrected chi connectivity index (χ3v) is 4.04. The van der Waals surface area contributed by atoms with Crippen LogP contribution in [0.3, 0.4) is 0 Å². The molecule has 0 unspecified atom stereocenters. The molecule has 0 amide bonds. The Labute approximate surface area is 186 Å². The Balaban J connectivity index is 0. The summed E-state index contributed by atoms with van der Waals surface area (Å²) in [4.78, 5) is 0. The molecule has 1 nitrogen and oxygen atoms in total. The van der Waals surface area contributed by atoms with E-state index >= 15 is 0 Å². The van der Waals surface area contributed by atoms with Crippen LogP contribution in [0.25, 0.3) is 0 Å². The standard InChI is InChI=1S/C16H26O.C6H7.C2H7Si.Ti/c1-3-5-7-9-14-11-15(10-8-6-4-2)13-16(17)12-14;1-6-4-2-3-5-6;1-3-2;/h11-13,17H,3-10H2,1-2H3;2,4H,3H2,1H3;3H,1-2H3;/q;-1;;. The van der Waals surface area contributed by atoms with E-state index in [-0.39, 0.29) is 21.7 Å². The van der Waals surface area contributed by atoms with Crippen LogP contribution in [0.5, 0.6) is 5.75 Å². The monoisotopic (exact) mass is 420 g/mol. The first-order chi connectivity index (χ1) is 12.6. The molecule has 1 aromatic carbocycles. The second-order valence-corrected chi connectivity index (χ2v) is 8.12. The minimum absolute atomic E-state index is 0. The van der Waals surface area contributed by atoms with E-state index in [9.17, 15) is 5.11 Å². The minimum Gasteiger partial charge on any atom is -0.508 e. The Morgan fingerprint density at radius 1 is 0.926 bits per heavy atom. The SMILES string of the molecule is CC1=[C-]CC=C1.CCCCCc1cc(O)cc(CCCCC)c1.C[SiH]C.[Ti]. The van der Waals surface area contributed by atoms with Crippen LogP contribution in [0, 0.1) is 6.08 Å². The molecule has 1 aliphatic rings. The van der Waals surface area contributed by atoms with Crippen LogP contribution in [0.1, 0.15) is 76.8 Å². The van der Waals surface area contributed by atoms with E-state index in [0.717, 1.165) is 28.8 Å². The number of phenolic OH excluding ortho intramolecular Hbond substituents is 1. The van der Waals surface area contributed by atoms with E-state index in [4.69, 9.17) is 0 Å². The normalized spacial score (nSPS) is 11.5. The van der Waals surface area contributed by atoms with Crippen molar-refractivity contribution in [3.05, 3.63) is 53.1 Å². The van der Waals surface area contributed by atoms with Gasteiger partial charge in [0.15, 0.2) is 0 Å². The molecule has 0 heterocycles. The van der Waals surface area contributed by atoms with Crippen LogP contribution in [0.2, 0.25) is 13.1 Å². The van der Waals surface area contributed by atoms with Gasteiger partial charge in [-0.05, 0) is 48.9 Å². The molecule has 0 fully saturated rings. The van der Waals surface area contributed by atoms with Gasteiger partial charge in [-0.3, -0.25) is 6.08 Å². The number of hydrogen-bond acceptors (Lipinski definition) is 1. The molecule has 3 heteroatoms. The smallest absolute Gasteiger partial charge is 0.116 e. The molecule has 151 valence electrons. The van der Waals surface area contributed by atoms with Crippen molar-refractivity contribution in [1.82, 2.24) is 0 Å². The number of phenols is 1. The average Bonchev–Trinajstić information content (AvgIpc) is 3.07. The molecule has 0 atom stereocenters. The number of allylic oxidation sites excluding steroid dienone is 4. The van der Waals surface area contributed by atoms with Crippen molar-refractivity contribution in [1.29, 1.82) is 0 Å². The summed E-state index contributed by atoms with van der Waals surface area (Å²) in [6.07, 6.45) is 18.1. The molecule has 1 aromatic rings. The fourth-order valence-corrected chi connectivity index (χ4v) is 2.70. The van der Waals surface area contributed by atoms with Crippen LogP contribution in [0.15, 0.2) is 35.9 Å². The van der Waals surface area contributed by atoms with Crippen molar-refractivity contribution in [3.63, 3.8) is 0 Å². The largest absolute Gasteiger partial charge is 0.508 e. The Kier molecular flexibility index (Phi) is 21.4. The van der Waals surface area contributed by atoms with Gasteiger partial charge in [-0.15, -0.1) is 6.42 Å². The summed E-state index contributed by atoms with van der Waals surface area (Å²) in [5, 5.41) is 9.71. The molecule has 1 N–H and O–H groups in total. The predicted molar refractivity (Wildman–Crippen MR) is 120 cm³/mol. The average molecular weight is 421 g/mol. The number of aromatic hydroxyl groups is 1. The van der Waals surface area contributed by atoms with Crippen LogP contribution in [-0.2, 0) is 34.6 Å². The van der Waals surface area contributed by atoms with Gasteiger partial charge in [0.05, 0.1) is 0 Å². The summed E-state index contributed by atoms with van der Waals surface area (Å²) in [6, 6.07) is 6.10. The Morgan fingerprint density at radius 3 is 1.70 bits per heavy atom. The van der Waals surface area contributed by atoms with E-state index in [2.05, 4.69) is 58.2 Å². The fourth-order valence-electron chi connectivity index (χ4n) is 2.70. The zero-order valence-electron chi connectivity index (χ0n) is 18.3. The van der Waals surface area contributed by atoms with Gasteiger partial charge in [0.25, 0.3) is 0 Å². The Morgan fingerprint density at radius 2 is 1.41 bits per heavy atom. The van der Waals surface area contributed by atoms with Crippen molar-refractivity contribution in [2.24, 2.45) is 0 Å². The van der Waals surface area contributed by atoms with E-state index in [1.54, 1.807) is 0 Å². The Hall–Kier alpha value is -0.569. The third kappa shape index (κ3) is 17.3. The molecule has 0 bridgehead atoms. The first kappa shape index (κ1) is 28.6. The molecule has 1 radical (unpaired) electrons. The van der Waals surface area contributed by atoms with Gasteiger partial charge in [0, 0.05) is 31.2 Å². The number of aryl methyl sites for hydroxylation is 2. The zero-order chi connectivity index (χ0) is 19.6. The molecule has 0 saturated carbocycles. The van der Waals surface area contributed by atoms with Crippen LogP contribution < -0.4 is 0 Å². The quantitative estimate of drug-likeness (QED) is 0.271. The number of unbranched alkanes of at least 4 members (excludes halogenated alkanes) is 4. The Bertz CT molecular complexity index is 492. The molecule has 0 aromatic heterocycles. The molecule has 1 aliphatic carbocycles. The number of rotatable bonds is 8. The molecule has 0 spiro atoms. The zero-order valence-corrected chi connectivity index (χ0v) is 21.0. The summed E-state index contributed by atoms with van der Waals surface area (Å²) in [5.74, 6) is 0.436. The molecule has 0 saturated heterocycles. The molecule has 2 rings (SSSR count). The van der Waals surface area contributed by atoms with Crippen LogP contribution >= 0.6 is 0 Å². The summed E-state index contributed by atoms with van der Waals surface area (Å²) in [5.41, 5.74) is 3.87. The van der Waals surface area contributed by atoms with Gasteiger partial charge in [-0.2, -0.15) is 6.08 Å². The first-order valence-electron chi connectivity index (χ1n) is 10.4. The molecule has 0 aliphatic heterocycles. The molecule has 27 heavy (non-hydrogen) atoms. The maximum absolute atomic E-state index is 9.71. The van der Waals surface area contributed by atoms with Crippen molar-refractivity contribution in [3.8, 4) is 5.75 Å². The van der Waals surface area contributed by atoms with Crippen LogP contribution in [-0.4, -0.2) is 14.6 Å². The second-order valence-electron chi connectivity index (χ2n) is 6.97. The van der Waals surface area contributed by atoms with E-state index in [0.29, 0.717) is 5.75 Å². The number of hydrogen-bond donors (Lipinski definition) is 1. The summed E-state index contributed by atoms with van der Waals surface area (Å²) >= 11 is 0. The van der Waals surface area contributed by atoms with Crippen molar-refractivity contribution in [2.45, 2.75) is 91.7 Å². The fraction of sp³-hybridized carbons (Fsp3) is 0.583. The summed E-state index contributed by atoms with van der Waals surface area (Å²) in [7, 11) is 0.750. The maximum atomic E-state index is 9.71. The van der Waals surface area contributed by atoms with Gasteiger partial charge in [0.2, 0.25) is 0 Å². The second kappa shape index (κ2) is 20.2. The first-order valence-corrected chi connectivity index (χ1v) is 12.7. The van der Waals surface area contributed by atoms with Crippen molar-refractivity contribution in [2.75, 3.05) is 0 Å². The minimum atomic E-state index is 0. The van der Waals surface area contributed by atoms with Gasteiger partial charge < -0.3 is 5.11 Å². The third-order valence-electron chi connectivity index (χ3n) is 4.04. The predicted octanol–water partition coefficient (Wildman–Crippen LogP) is 7.07. The van der Waals surface area contributed by atoms with Crippen molar-refractivity contribution >= 4 is 9.52 Å².